The fourth-order valence-corrected chi connectivity index (χ4v) is 0.584. The van der Waals surface area contributed by atoms with Crippen molar-refractivity contribution in [2.75, 3.05) is 6.54 Å². The highest BCUT2D eigenvalue weighted by atomic mass is 14.7. The summed E-state index contributed by atoms with van der Waals surface area (Å²) < 4.78 is 0. The first-order valence-corrected chi connectivity index (χ1v) is 3.27. The Hall–Kier alpha value is -0.0800. The van der Waals surface area contributed by atoms with Gasteiger partial charge in [0.25, 0.3) is 0 Å². The number of hydrogen-bond donors (Lipinski definition) is 2. The zero-order chi connectivity index (χ0) is 6.41. The van der Waals surface area contributed by atoms with Crippen LogP contribution in [0.3, 0.4) is 0 Å². The molecule has 0 aromatic heterocycles. The minimum Gasteiger partial charge on any atom is -0.329 e. The summed E-state index contributed by atoms with van der Waals surface area (Å²) in [6.45, 7) is 2.78. The Balaban J connectivity index is 2.86. The maximum absolute atomic E-state index is 5.53. The predicted octanol–water partition coefficient (Wildman–Crippen LogP) is 0.463. The molecule has 0 spiro atoms. The Morgan fingerprint density at radius 3 is 2.50 bits per heavy atom. The molecule has 0 saturated heterocycles. The predicted molar refractivity (Wildman–Crippen MR) is 36.6 cm³/mol. The van der Waals surface area contributed by atoms with Gasteiger partial charge in [-0.15, -0.1) is 0 Å². The van der Waals surface area contributed by atoms with Gasteiger partial charge in [0.1, 0.15) is 0 Å². The van der Waals surface area contributed by atoms with E-state index in [9.17, 15) is 0 Å². The highest BCUT2D eigenvalue weighted by Gasteiger charge is 1.95. The molecule has 0 aromatic rings. The van der Waals surface area contributed by atoms with E-state index in [4.69, 9.17) is 11.5 Å². The lowest BCUT2D eigenvalue weighted by atomic mass is 10.1. The Bertz CT molecular complexity index is 45.8. The summed E-state index contributed by atoms with van der Waals surface area (Å²) in [6, 6.07) is 0.231. The average molecular weight is 116 g/mol. The molecule has 8 heavy (non-hydrogen) atoms. The van der Waals surface area contributed by atoms with Gasteiger partial charge in [-0.2, -0.15) is 0 Å². The summed E-state index contributed by atoms with van der Waals surface area (Å²) in [5.41, 5.74) is 10.8. The quantitative estimate of drug-likeness (QED) is 0.560. The number of unbranched alkanes of at least 4 members (excludes halogenated alkanes) is 1. The third kappa shape index (κ3) is 4.09. The second-order valence-corrected chi connectivity index (χ2v) is 2.14. The second-order valence-electron chi connectivity index (χ2n) is 2.14. The highest BCUT2D eigenvalue weighted by molar-refractivity contribution is 4.59. The summed E-state index contributed by atoms with van der Waals surface area (Å²) in [5, 5.41) is 0. The monoisotopic (exact) mass is 116 g/mol. The lowest BCUT2D eigenvalue weighted by Gasteiger charge is -2.04. The molecular formula is C6H16N2. The van der Waals surface area contributed by atoms with E-state index in [1.165, 1.54) is 12.8 Å². The molecule has 0 bridgehead atoms. The van der Waals surface area contributed by atoms with Gasteiger partial charge in [-0.1, -0.05) is 19.8 Å². The molecule has 0 aliphatic heterocycles. The molecule has 1 atom stereocenters. The van der Waals surface area contributed by atoms with E-state index in [2.05, 4.69) is 6.92 Å². The Kier molecular flexibility index (Phi) is 5.01. The molecule has 0 aromatic carbocycles. The van der Waals surface area contributed by atoms with Crippen LogP contribution in [0.2, 0.25) is 0 Å². The maximum atomic E-state index is 5.53. The second kappa shape index (κ2) is 5.06. The van der Waals surface area contributed by atoms with Gasteiger partial charge in [-0.25, -0.2) is 0 Å². The molecule has 0 rings (SSSR count). The molecule has 0 saturated carbocycles. The van der Waals surface area contributed by atoms with Crippen LogP contribution < -0.4 is 11.5 Å². The van der Waals surface area contributed by atoms with Crippen LogP contribution in [0.5, 0.6) is 0 Å². The third-order valence-corrected chi connectivity index (χ3v) is 1.23. The van der Waals surface area contributed by atoms with Crippen LogP contribution >= 0.6 is 0 Å². The molecule has 50 valence electrons. The SMILES string of the molecule is CCCCC(N)CN. The van der Waals surface area contributed by atoms with Crippen molar-refractivity contribution in [1.82, 2.24) is 0 Å². The lowest BCUT2D eigenvalue weighted by Crippen LogP contribution is -2.29. The van der Waals surface area contributed by atoms with Gasteiger partial charge < -0.3 is 11.5 Å². The Morgan fingerprint density at radius 2 is 2.12 bits per heavy atom. The molecule has 0 amide bonds. The smallest absolute Gasteiger partial charge is 0.0163 e. The molecule has 0 fully saturated rings. The van der Waals surface area contributed by atoms with E-state index < -0.39 is 0 Å². The van der Waals surface area contributed by atoms with E-state index in [0.717, 1.165) is 6.42 Å². The molecule has 2 heteroatoms. The minimum absolute atomic E-state index is 0.231. The third-order valence-electron chi connectivity index (χ3n) is 1.23. The van der Waals surface area contributed by atoms with Gasteiger partial charge >= 0.3 is 0 Å². The van der Waals surface area contributed by atoms with Crippen molar-refractivity contribution in [2.45, 2.75) is 32.2 Å². The fourth-order valence-electron chi connectivity index (χ4n) is 0.584. The molecule has 0 aliphatic carbocycles. The minimum atomic E-state index is 0.231. The molecule has 4 N–H and O–H groups in total. The van der Waals surface area contributed by atoms with Gasteiger partial charge in [-0.3, -0.25) is 0 Å². The van der Waals surface area contributed by atoms with Crippen LogP contribution in [0.4, 0.5) is 0 Å². The standard InChI is InChI=1S/C6H16N2/c1-2-3-4-6(8)5-7/h6H,2-5,7-8H2,1H3. The van der Waals surface area contributed by atoms with Crippen molar-refractivity contribution in [3.8, 4) is 0 Å². The van der Waals surface area contributed by atoms with Gasteiger partial charge in [0.05, 0.1) is 0 Å². The van der Waals surface area contributed by atoms with E-state index in [0.29, 0.717) is 6.54 Å². The van der Waals surface area contributed by atoms with Crippen molar-refractivity contribution in [3.05, 3.63) is 0 Å². The summed E-state index contributed by atoms with van der Waals surface area (Å²) >= 11 is 0. The molecular weight excluding hydrogens is 100 g/mol. The van der Waals surface area contributed by atoms with Gasteiger partial charge in [0.2, 0.25) is 0 Å². The van der Waals surface area contributed by atoms with Crippen LogP contribution in [-0.2, 0) is 0 Å². The van der Waals surface area contributed by atoms with Gasteiger partial charge in [0.15, 0.2) is 0 Å². The van der Waals surface area contributed by atoms with E-state index in [-0.39, 0.29) is 6.04 Å². The first-order valence-electron chi connectivity index (χ1n) is 3.27. The highest BCUT2D eigenvalue weighted by Crippen LogP contribution is 1.95. The van der Waals surface area contributed by atoms with Crippen LogP contribution in [0.25, 0.3) is 0 Å². The first kappa shape index (κ1) is 7.92. The maximum Gasteiger partial charge on any atom is 0.0163 e. The summed E-state index contributed by atoms with van der Waals surface area (Å²) in [6.07, 6.45) is 3.50. The van der Waals surface area contributed by atoms with Crippen LogP contribution in [-0.4, -0.2) is 12.6 Å². The van der Waals surface area contributed by atoms with Crippen molar-refractivity contribution < 1.29 is 0 Å². The number of hydrogen-bond acceptors (Lipinski definition) is 2. The van der Waals surface area contributed by atoms with Crippen molar-refractivity contribution in [2.24, 2.45) is 11.5 Å². The van der Waals surface area contributed by atoms with E-state index in [1.807, 2.05) is 0 Å². The molecule has 0 radical (unpaired) electrons. The van der Waals surface area contributed by atoms with Crippen molar-refractivity contribution in [1.29, 1.82) is 0 Å². The fraction of sp³-hybridized carbons (Fsp3) is 1.00. The van der Waals surface area contributed by atoms with Crippen LogP contribution in [0, 0.1) is 0 Å². The van der Waals surface area contributed by atoms with Crippen molar-refractivity contribution in [3.63, 3.8) is 0 Å². The van der Waals surface area contributed by atoms with E-state index >= 15 is 0 Å². The summed E-state index contributed by atoms with van der Waals surface area (Å²) in [5.74, 6) is 0. The Labute approximate surface area is 51.2 Å². The van der Waals surface area contributed by atoms with Crippen LogP contribution in [0.15, 0.2) is 0 Å². The first-order chi connectivity index (χ1) is 3.81. The van der Waals surface area contributed by atoms with Gasteiger partial charge in [0, 0.05) is 12.6 Å². The summed E-state index contributed by atoms with van der Waals surface area (Å²) in [4.78, 5) is 0. The lowest BCUT2D eigenvalue weighted by molar-refractivity contribution is 0.584. The topological polar surface area (TPSA) is 52.0 Å². The molecule has 1 unspecified atom stereocenters. The van der Waals surface area contributed by atoms with Crippen molar-refractivity contribution >= 4 is 0 Å². The van der Waals surface area contributed by atoms with E-state index in [1.54, 1.807) is 0 Å². The Morgan fingerprint density at radius 1 is 1.50 bits per heavy atom. The normalized spacial score (nSPS) is 13.9. The number of rotatable bonds is 4. The zero-order valence-electron chi connectivity index (χ0n) is 5.56. The molecule has 2 nitrogen and oxygen atoms in total. The average Bonchev–Trinajstić information content (AvgIpc) is 1.83. The largest absolute Gasteiger partial charge is 0.329 e. The number of nitrogens with two attached hydrogens (primary N) is 2. The summed E-state index contributed by atoms with van der Waals surface area (Å²) in [7, 11) is 0. The van der Waals surface area contributed by atoms with Crippen LogP contribution in [0.1, 0.15) is 26.2 Å². The molecule has 0 heterocycles. The molecule has 0 aliphatic rings. The zero-order valence-corrected chi connectivity index (χ0v) is 5.56. The van der Waals surface area contributed by atoms with Gasteiger partial charge in [-0.05, 0) is 6.42 Å².